The van der Waals surface area contributed by atoms with Crippen molar-refractivity contribution in [2.24, 2.45) is 4.99 Å². The third-order valence-corrected chi connectivity index (χ3v) is 6.32. The Morgan fingerprint density at radius 3 is 2.52 bits per heavy atom. The lowest BCUT2D eigenvalue weighted by Crippen LogP contribution is -2.44. The summed E-state index contributed by atoms with van der Waals surface area (Å²) >= 11 is 1.77. The number of halogens is 1. The average molecular weight is 560 g/mol. The van der Waals surface area contributed by atoms with Gasteiger partial charge in [0.15, 0.2) is 5.96 Å². The SMILES string of the molecule is CCNC(=NCCc1sc(C)nc1C)NC1CCN(c2cc(OC)cc(OC)c2)C1.I. The molecule has 1 saturated heterocycles. The molecular formula is C22H34IN5O2S. The van der Waals surface area contributed by atoms with Crippen LogP contribution in [0.5, 0.6) is 11.5 Å². The predicted octanol–water partition coefficient (Wildman–Crippen LogP) is 3.77. The van der Waals surface area contributed by atoms with Gasteiger partial charge in [-0.1, -0.05) is 0 Å². The van der Waals surface area contributed by atoms with Crippen molar-refractivity contribution in [3.05, 3.63) is 33.8 Å². The fourth-order valence-corrected chi connectivity index (χ4v) is 4.60. The van der Waals surface area contributed by atoms with Crippen LogP contribution in [0.25, 0.3) is 0 Å². The van der Waals surface area contributed by atoms with Crippen molar-refractivity contribution in [2.45, 2.75) is 39.7 Å². The second kappa shape index (κ2) is 12.3. The summed E-state index contributed by atoms with van der Waals surface area (Å²) in [6.45, 7) is 9.71. The van der Waals surface area contributed by atoms with Crippen LogP contribution >= 0.6 is 35.3 Å². The van der Waals surface area contributed by atoms with Crippen LogP contribution in [0.15, 0.2) is 23.2 Å². The number of nitrogens with one attached hydrogen (secondary N) is 2. The summed E-state index contributed by atoms with van der Waals surface area (Å²) in [6, 6.07) is 6.36. The molecule has 7 nitrogen and oxygen atoms in total. The van der Waals surface area contributed by atoms with Gasteiger partial charge in [0.25, 0.3) is 0 Å². The molecule has 2 heterocycles. The summed E-state index contributed by atoms with van der Waals surface area (Å²) in [5.74, 6) is 2.50. The topological polar surface area (TPSA) is 71.0 Å². The number of rotatable bonds is 8. The van der Waals surface area contributed by atoms with Gasteiger partial charge in [-0.3, -0.25) is 4.99 Å². The first-order valence-corrected chi connectivity index (χ1v) is 11.3. The number of benzene rings is 1. The average Bonchev–Trinajstić information content (AvgIpc) is 3.33. The van der Waals surface area contributed by atoms with Crippen molar-refractivity contribution in [1.82, 2.24) is 15.6 Å². The molecule has 1 aliphatic heterocycles. The van der Waals surface area contributed by atoms with E-state index in [-0.39, 0.29) is 24.0 Å². The quantitative estimate of drug-likeness (QED) is 0.292. The van der Waals surface area contributed by atoms with Gasteiger partial charge in [0.1, 0.15) is 11.5 Å². The summed E-state index contributed by atoms with van der Waals surface area (Å²) < 4.78 is 10.8. The van der Waals surface area contributed by atoms with E-state index in [4.69, 9.17) is 14.5 Å². The fraction of sp³-hybridized carbons (Fsp3) is 0.545. The van der Waals surface area contributed by atoms with Gasteiger partial charge in [0.2, 0.25) is 0 Å². The number of aliphatic imine (C=N–C) groups is 1. The number of methoxy groups -OCH3 is 2. The molecule has 0 spiro atoms. The maximum atomic E-state index is 5.42. The molecule has 0 radical (unpaired) electrons. The molecule has 0 saturated carbocycles. The number of anilines is 1. The first-order chi connectivity index (χ1) is 14.5. The smallest absolute Gasteiger partial charge is 0.191 e. The van der Waals surface area contributed by atoms with Crippen LogP contribution < -0.4 is 25.0 Å². The second-order valence-corrected chi connectivity index (χ2v) is 8.69. The van der Waals surface area contributed by atoms with Crippen LogP contribution in [0.4, 0.5) is 5.69 Å². The summed E-state index contributed by atoms with van der Waals surface area (Å²) in [5.41, 5.74) is 2.25. The molecule has 1 fully saturated rings. The maximum absolute atomic E-state index is 5.42. The Labute approximate surface area is 206 Å². The molecule has 0 amide bonds. The molecule has 1 atom stereocenters. The molecule has 0 aliphatic carbocycles. The van der Waals surface area contributed by atoms with Gasteiger partial charge < -0.3 is 25.0 Å². The lowest BCUT2D eigenvalue weighted by atomic mass is 10.2. The van der Waals surface area contributed by atoms with Crippen LogP contribution in [-0.4, -0.2) is 57.4 Å². The van der Waals surface area contributed by atoms with E-state index in [0.717, 1.165) is 72.9 Å². The van der Waals surface area contributed by atoms with Crippen LogP contribution in [0.1, 0.15) is 28.9 Å². The monoisotopic (exact) mass is 559 g/mol. The van der Waals surface area contributed by atoms with Crippen molar-refractivity contribution in [2.75, 3.05) is 45.3 Å². The molecule has 3 rings (SSSR count). The zero-order valence-electron chi connectivity index (χ0n) is 19.0. The molecule has 1 aromatic heterocycles. The number of nitrogens with zero attached hydrogens (tertiary/aromatic N) is 3. The van der Waals surface area contributed by atoms with Crippen molar-refractivity contribution < 1.29 is 9.47 Å². The molecule has 0 bridgehead atoms. The van der Waals surface area contributed by atoms with Gasteiger partial charge in [0.05, 0.1) is 24.9 Å². The Bertz CT molecular complexity index is 851. The van der Waals surface area contributed by atoms with Crippen LogP contribution in [0.2, 0.25) is 0 Å². The molecule has 31 heavy (non-hydrogen) atoms. The Hall–Kier alpha value is -1.75. The minimum absolute atomic E-state index is 0. The van der Waals surface area contributed by atoms with E-state index in [2.05, 4.69) is 53.4 Å². The Morgan fingerprint density at radius 1 is 1.23 bits per heavy atom. The van der Waals surface area contributed by atoms with E-state index in [0.29, 0.717) is 6.04 Å². The molecule has 172 valence electrons. The highest BCUT2D eigenvalue weighted by Gasteiger charge is 2.24. The van der Waals surface area contributed by atoms with E-state index in [1.54, 1.807) is 25.6 Å². The van der Waals surface area contributed by atoms with Crippen molar-refractivity contribution in [1.29, 1.82) is 0 Å². The lowest BCUT2D eigenvalue weighted by molar-refractivity contribution is 0.394. The van der Waals surface area contributed by atoms with Gasteiger partial charge >= 0.3 is 0 Å². The van der Waals surface area contributed by atoms with E-state index < -0.39 is 0 Å². The number of ether oxygens (including phenoxy) is 2. The second-order valence-electron chi connectivity index (χ2n) is 7.40. The third kappa shape index (κ3) is 7.13. The van der Waals surface area contributed by atoms with Gasteiger partial charge in [-0.15, -0.1) is 35.3 Å². The predicted molar refractivity (Wildman–Crippen MR) is 140 cm³/mol. The van der Waals surface area contributed by atoms with Crippen LogP contribution in [0, 0.1) is 13.8 Å². The lowest BCUT2D eigenvalue weighted by Gasteiger charge is -2.21. The number of hydrogen-bond acceptors (Lipinski definition) is 6. The van der Waals surface area contributed by atoms with Crippen LogP contribution in [0.3, 0.4) is 0 Å². The Morgan fingerprint density at radius 2 is 1.94 bits per heavy atom. The van der Waals surface area contributed by atoms with Crippen molar-refractivity contribution >= 4 is 47.0 Å². The van der Waals surface area contributed by atoms with Gasteiger partial charge in [0, 0.05) is 67.4 Å². The molecule has 2 N–H and O–H groups in total. The zero-order valence-corrected chi connectivity index (χ0v) is 22.2. The van der Waals surface area contributed by atoms with Crippen LogP contribution in [-0.2, 0) is 6.42 Å². The minimum atomic E-state index is 0. The van der Waals surface area contributed by atoms with E-state index in [1.807, 2.05) is 6.07 Å². The maximum Gasteiger partial charge on any atom is 0.191 e. The largest absolute Gasteiger partial charge is 0.497 e. The van der Waals surface area contributed by atoms with Gasteiger partial charge in [-0.2, -0.15) is 0 Å². The number of aryl methyl sites for hydroxylation is 2. The van der Waals surface area contributed by atoms with E-state index in [1.165, 1.54) is 4.88 Å². The summed E-state index contributed by atoms with van der Waals surface area (Å²) in [7, 11) is 3.36. The Kier molecular flexibility index (Phi) is 10.1. The first-order valence-electron chi connectivity index (χ1n) is 10.5. The molecule has 1 aliphatic rings. The summed E-state index contributed by atoms with van der Waals surface area (Å²) in [6.07, 6.45) is 1.98. The highest BCUT2D eigenvalue weighted by atomic mass is 127. The standard InChI is InChI=1S/C22H33N5O2S.HI/c1-6-23-22(24-9-7-21-15(2)25-16(3)30-21)26-17-8-10-27(14-17)18-11-19(28-4)13-20(12-18)29-5;/h11-13,17H,6-10,14H2,1-5H3,(H2,23,24,26);1H. The fourth-order valence-electron chi connectivity index (χ4n) is 3.68. The number of aromatic nitrogens is 1. The molecule has 2 aromatic rings. The summed E-state index contributed by atoms with van der Waals surface area (Å²) in [4.78, 5) is 13.0. The molecular weight excluding hydrogens is 525 g/mol. The minimum Gasteiger partial charge on any atom is -0.497 e. The van der Waals surface area contributed by atoms with E-state index >= 15 is 0 Å². The molecule has 9 heteroatoms. The van der Waals surface area contributed by atoms with Crippen molar-refractivity contribution in [3.63, 3.8) is 0 Å². The zero-order chi connectivity index (χ0) is 21.5. The van der Waals surface area contributed by atoms with E-state index in [9.17, 15) is 0 Å². The Balaban J connectivity index is 0.00000341. The number of hydrogen-bond donors (Lipinski definition) is 2. The third-order valence-electron chi connectivity index (χ3n) is 5.18. The first kappa shape index (κ1) is 25.5. The molecule has 1 aromatic carbocycles. The highest BCUT2D eigenvalue weighted by Crippen LogP contribution is 2.30. The van der Waals surface area contributed by atoms with Gasteiger partial charge in [-0.05, 0) is 27.2 Å². The molecule has 1 unspecified atom stereocenters. The normalized spacial score (nSPS) is 16.1. The van der Waals surface area contributed by atoms with Gasteiger partial charge in [-0.25, -0.2) is 4.98 Å². The van der Waals surface area contributed by atoms with Crippen molar-refractivity contribution in [3.8, 4) is 11.5 Å². The number of thiazole rings is 1. The highest BCUT2D eigenvalue weighted by molar-refractivity contribution is 14.0. The summed E-state index contributed by atoms with van der Waals surface area (Å²) in [5, 5.41) is 8.10. The number of guanidine groups is 1.